The zero-order valence-corrected chi connectivity index (χ0v) is 20.8. The van der Waals surface area contributed by atoms with Crippen molar-refractivity contribution in [1.29, 1.82) is 0 Å². The minimum absolute atomic E-state index is 0.0204. The number of aryl methyl sites for hydroxylation is 2. The maximum absolute atomic E-state index is 13.5. The van der Waals surface area contributed by atoms with E-state index in [1.807, 2.05) is 39.0 Å². The average molecular weight is 498 g/mol. The molecule has 180 valence electrons. The highest BCUT2D eigenvalue weighted by Gasteiger charge is 2.48. The standard InChI is InChI=1S/C28H23N3O4S/c1-14-9-15(2)23-21(10-14)36-28(30-23)31-24(18-5-4-8-29-13-18)22(26(33)27(31)34)25(32)17-6-7-20-19(12-17)11-16(3)35-20/h4-10,12-13,16,24,32H,11H2,1-3H3/t16-,24+/m0/s1. The first-order chi connectivity index (χ1) is 17.3. The predicted octanol–water partition coefficient (Wildman–Crippen LogP) is 5.26. The van der Waals surface area contributed by atoms with Crippen molar-refractivity contribution < 1.29 is 19.4 Å². The smallest absolute Gasteiger partial charge is 0.301 e. The topological polar surface area (TPSA) is 92.6 Å². The van der Waals surface area contributed by atoms with Crippen molar-refractivity contribution in [3.63, 3.8) is 0 Å². The van der Waals surface area contributed by atoms with Gasteiger partial charge in [0.2, 0.25) is 0 Å². The van der Waals surface area contributed by atoms with E-state index >= 15 is 0 Å². The van der Waals surface area contributed by atoms with Crippen molar-refractivity contribution in [3.8, 4) is 5.75 Å². The molecule has 4 aromatic rings. The third-order valence-corrected chi connectivity index (χ3v) is 7.64. The summed E-state index contributed by atoms with van der Waals surface area (Å²) >= 11 is 1.35. The molecule has 2 aromatic heterocycles. The molecule has 1 saturated heterocycles. The van der Waals surface area contributed by atoms with Gasteiger partial charge in [0.15, 0.2) is 5.13 Å². The first kappa shape index (κ1) is 22.4. The molecule has 8 heteroatoms. The number of rotatable bonds is 3. The minimum atomic E-state index is -0.857. The van der Waals surface area contributed by atoms with Gasteiger partial charge in [-0.25, -0.2) is 4.98 Å². The van der Waals surface area contributed by atoms with E-state index in [0.29, 0.717) is 22.7 Å². The number of fused-ring (bicyclic) bond motifs is 2. The SMILES string of the molecule is Cc1cc(C)c2nc(N3C(=O)C(=O)C(=C(O)c4ccc5c(c4)C[C@H](C)O5)[C@H]3c3cccnc3)sc2c1. The molecule has 2 aliphatic rings. The van der Waals surface area contributed by atoms with Gasteiger partial charge in [-0.2, -0.15) is 0 Å². The van der Waals surface area contributed by atoms with Crippen LogP contribution in [0.4, 0.5) is 5.13 Å². The number of hydrogen-bond donors (Lipinski definition) is 1. The third kappa shape index (κ3) is 3.48. The minimum Gasteiger partial charge on any atom is -0.507 e. The molecule has 0 unspecified atom stereocenters. The second-order valence-electron chi connectivity index (χ2n) is 9.34. The van der Waals surface area contributed by atoms with Gasteiger partial charge in [0.25, 0.3) is 5.78 Å². The number of aromatic nitrogens is 2. The monoisotopic (exact) mass is 497 g/mol. The molecule has 0 bridgehead atoms. The molecule has 2 aromatic carbocycles. The van der Waals surface area contributed by atoms with Crippen molar-refractivity contribution in [2.24, 2.45) is 0 Å². The number of thiazole rings is 1. The normalized spacial score (nSPS) is 20.7. The van der Waals surface area contributed by atoms with E-state index in [2.05, 4.69) is 4.98 Å². The Balaban J connectivity index is 1.54. The quantitative estimate of drug-likeness (QED) is 0.236. The van der Waals surface area contributed by atoms with Crippen LogP contribution in [0.3, 0.4) is 0 Å². The van der Waals surface area contributed by atoms with Crippen LogP contribution in [0.25, 0.3) is 16.0 Å². The fraction of sp³-hybridized carbons (Fsp3) is 0.214. The van der Waals surface area contributed by atoms with Crippen LogP contribution in [-0.4, -0.2) is 32.9 Å². The lowest BCUT2D eigenvalue weighted by atomic mass is 9.95. The molecular weight excluding hydrogens is 474 g/mol. The van der Waals surface area contributed by atoms with Crippen LogP contribution in [-0.2, 0) is 16.0 Å². The Bertz CT molecular complexity index is 1590. The van der Waals surface area contributed by atoms with Gasteiger partial charge in [0.05, 0.1) is 21.8 Å². The van der Waals surface area contributed by atoms with Crippen molar-refractivity contribution in [1.82, 2.24) is 9.97 Å². The summed E-state index contributed by atoms with van der Waals surface area (Å²) in [6.45, 7) is 5.97. The largest absolute Gasteiger partial charge is 0.507 e. The molecule has 6 rings (SSSR count). The van der Waals surface area contributed by atoms with Gasteiger partial charge in [-0.05, 0) is 73.4 Å². The van der Waals surface area contributed by atoms with Gasteiger partial charge < -0.3 is 9.84 Å². The highest BCUT2D eigenvalue weighted by Crippen LogP contribution is 2.45. The van der Waals surface area contributed by atoms with Gasteiger partial charge in [0.1, 0.15) is 17.6 Å². The Kier molecular flexibility index (Phi) is 5.15. The maximum Gasteiger partial charge on any atom is 0.301 e. The lowest BCUT2D eigenvalue weighted by molar-refractivity contribution is -0.132. The van der Waals surface area contributed by atoms with Crippen LogP contribution in [0.5, 0.6) is 5.75 Å². The van der Waals surface area contributed by atoms with Crippen LogP contribution in [0, 0.1) is 13.8 Å². The first-order valence-corrected chi connectivity index (χ1v) is 12.5. The molecule has 0 radical (unpaired) electrons. The molecule has 2 atom stereocenters. The van der Waals surface area contributed by atoms with Crippen LogP contribution < -0.4 is 9.64 Å². The summed E-state index contributed by atoms with van der Waals surface area (Å²) in [4.78, 5) is 37.2. The lowest BCUT2D eigenvalue weighted by Gasteiger charge is -2.22. The number of ether oxygens (including phenoxy) is 1. The number of Topliss-reactive ketones (excluding diaryl/α,β-unsaturated/α-hetero) is 1. The molecule has 1 amide bonds. The Hall–Kier alpha value is -4.04. The van der Waals surface area contributed by atoms with Crippen molar-refractivity contribution in [3.05, 3.63) is 88.2 Å². The van der Waals surface area contributed by atoms with E-state index in [1.165, 1.54) is 16.2 Å². The Morgan fingerprint density at radius 1 is 1.17 bits per heavy atom. The molecule has 0 aliphatic carbocycles. The highest BCUT2D eigenvalue weighted by molar-refractivity contribution is 7.22. The van der Waals surface area contributed by atoms with Crippen LogP contribution >= 0.6 is 11.3 Å². The van der Waals surface area contributed by atoms with Crippen LogP contribution in [0.1, 0.15) is 40.8 Å². The molecule has 36 heavy (non-hydrogen) atoms. The molecule has 0 saturated carbocycles. The second-order valence-corrected chi connectivity index (χ2v) is 10.3. The lowest BCUT2D eigenvalue weighted by Crippen LogP contribution is -2.29. The van der Waals surface area contributed by atoms with E-state index in [9.17, 15) is 14.7 Å². The molecule has 1 N–H and O–H groups in total. The highest BCUT2D eigenvalue weighted by atomic mass is 32.1. The second kappa shape index (κ2) is 8.27. The summed E-state index contributed by atoms with van der Waals surface area (Å²) in [6, 6.07) is 12.1. The number of aliphatic hydroxyl groups excluding tert-OH is 1. The number of carbonyl (C=O) groups excluding carboxylic acids is 2. The van der Waals surface area contributed by atoms with Gasteiger partial charge in [-0.1, -0.05) is 23.5 Å². The maximum atomic E-state index is 13.5. The Morgan fingerprint density at radius 3 is 2.78 bits per heavy atom. The number of benzene rings is 2. The molecule has 1 fully saturated rings. The van der Waals surface area contributed by atoms with E-state index < -0.39 is 17.7 Å². The van der Waals surface area contributed by atoms with E-state index in [0.717, 1.165) is 32.7 Å². The van der Waals surface area contributed by atoms with Crippen molar-refractivity contribution >= 4 is 44.1 Å². The average Bonchev–Trinajstić information content (AvgIpc) is 3.52. The molecule has 2 aliphatic heterocycles. The first-order valence-electron chi connectivity index (χ1n) is 11.7. The molecule has 0 spiro atoms. The van der Waals surface area contributed by atoms with Crippen LogP contribution in [0.15, 0.2) is 60.4 Å². The summed E-state index contributed by atoms with van der Waals surface area (Å²) in [5.74, 6) is -0.931. The summed E-state index contributed by atoms with van der Waals surface area (Å²) in [5.41, 5.74) is 4.94. The fourth-order valence-electron chi connectivity index (χ4n) is 5.07. The number of ketones is 1. The number of pyridine rings is 1. The number of aliphatic hydroxyl groups is 1. The van der Waals surface area contributed by atoms with E-state index in [1.54, 1.807) is 36.7 Å². The molecular formula is C28H23N3O4S. The zero-order valence-electron chi connectivity index (χ0n) is 20.0. The number of nitrogens with zero attached hydrogens (tertiary/aromatic N) is 3. The number of anilines is 1. The molecule has 7 nitrogen and oxygen atoms in total. The fourth-order valence-corrected chi connectivity index (χ4v) is 6.24. The van der Waals surface area contributed by atoms with Crippen molar-refractivity contribution in [2.45, 2.75) is 39.3 Å². The van der Waals surface area contributed by atoms with Crippen molar-refractivity contribution in [2.75, 3.05) is 4.90 Å². The Morgan fingerprint density at radius 2 is 2.00 bits per heavy atom. The zero-order chi connectivity index (χ0) is 25.1. The summed E-state index contributed by atoms with van der Waals surface area (Å²) in [7, 11) is 0. The molecule has 4 heterocycles. The number of hydrogen-bond acceptors (Lipinski definition) is 7. The number of carbonyl (C=O) groups is 2. The third-order valence-electron chi connectivity index (χ3n) is 6.64. The van der Waals surface area contributed by atoms with Crippen LogP contribution in [0.2, 0.25) is 0 Å². The predicted molar refractivity (Wildman–Crippen MR) is 138 cm³/mol. The van der Waals surface area contributed by atoms with Gasteiger partial charge in [-0.15, -0.1) is 0 Å². The van der Waals surface area contributed by atoms with E-state index in [-0.39, 0.29) is 17.4 Å². The summed E-state index contributed by atoms with van der Waals surface area (Å²) in [5, 5.41) is 11.8. The summed E-state index contributed by atoms with van der Waals surface area (Å²) in [6.07, 6.45) is 3.99. The van der Waals surface area contributed by atoms with Gasteiger partial charge in [-0.3, -0.25) is 19.5 Å². The van der Waals surface area contributed by atoms with Gasteiger partial charge >= 0.3 is 5.91 Å². The van der Waals surface area contributed by atoms with E-state index in [4.69, 9.17) is 9.72 Å². The summed E-state index contributed by atoms with van der Waals surface area (Å²) < 4.78 is 6.71. The number of amides is 1. The van der Waals surface area contributed by atoms with Gasteiger partial charge in [0, 0.05) is 24.4 Å². The Labute approximate surface area is 211 Å².